The molecule has 1 saturated heterocycles. The maximum Gasteiger partial charge on any atom is 0.416 e. The van der Waals surface area contributed by atoms with Crippen molar-refractivity contribution in [3.63, 3.8) is 0 Å². The van der Waals surface area contributed by atoms with Crippen LogP contribution >= 0.6 is 0 Å². The van der Waals surface area contributed by atoms with Crippen molar-refractivity contribution in [3.05, 3.63) is 107 Å². The first-order valence-corrected chi connectivity index (χ1v) is 15.4. The number of benzene rings is 3. The minimum Gasteiger partial charge on any atom is -0.391 e. The zero-order valence-electron chi connectivity index (χ0n) is 25.0. The number of likely N-dealkylation sites (tertiary alicyclic amines) is 1. The van der Waals surface area contributed by atoms with Crippen LogP contribution in [0.25, 0.3) is 0 Å². The highest BCUT2D eigenvalue weighted by atomic mass is 19.4. The summed E-state index contributed by atoms with van der Waals surface area (Å²) in [6.07, 6.45) is -7.15. The monoisotopic (exact) mass is 632 g/mol. The van der Waals surface area contributed by atoms with Gasteiger partial charge in [-0.3, -0.25) is 9.69 Å². The molecule has 0 spiro atoms. The fraction of sp³-hybridized carbons (Fsp3) is 0.457. The molecule has 10 heteroatoms. The van der Waals surface area contributed by atoms with Gasteiger partial charge in [-0.2, -0.15) is 26.3 Å². The second kappa shape index (κ2) is 13.2. The Kier molecular flexibility index (Phi) is 9.65. The number of amides is 1. The molecule has 3 atom stereocenters. The molecule has 4 nitrogen and oxygen atoms in total. The van der Waals surface area contributed by atoms with Gasteiger partial charge in [-0.05, 0) is 92.3 Å². The van der Waals surface area contributed by atoms with Crippen LogP contribution < -0.4 is 5.32 Å². The average Bonchev–Trinajstić information content (AvgIpc) is 3.01. The third kappa shape index (κ3) is 7.72. The Bertz CT molecular complexity index is 1400. The lowest BCUT2D eigenvalue weighted by atomic mass is 9.67. The third-order valence-corrected chi connectivity index (χ3v) is 9.65. The predicted octanol–water partition coefficient (Wildman–Crippen LogP) is 7.91. The Morgan fingerprint density at radius 2 is 1.44 bits per heavy atom. The van der Waals surface area contributed by atoms with Gasteiger partial charge in [0.25, 0.3) is 0 Å². The van der Waals surface area contributed by atoms with Crippen molar-refractivity contribution in [3.8, 4) is 0 Å². The van der Waals surface area contributed by atoms with E-state index in [0.29, 0.717) is 44.4 Å². The number of β-amino-alcohol motifs (C(OH)–C–C–N with tert-alkyl or cyclic N) is 1. The predicted molar refractivity (Wildman–Crippen MR) is 159 cm³/mol. The van der Waals surface area contributed by atoms with Crippen LogP contribution in [0.5, 0.6) is 0 Å². The third-order valence-electron chi connectivity index (χ3n) is 9.65. The van der Waals surface area contributed by atoms with Crippen LogP contribution in [0.1, 0.15) is 72.8 Å². The molecule has 1 heterocycles. The SMILES string of the molecule is CC(C(=O)NC1(c2ccccc2)CCC(C2CCN(Cc3ccccc3)CC2O)CC1)c1cc(C(F)(F)F)cc(C(F)(F)F)c1. The van der Waals surface area contributed by atoms with E-state index in [9.17, 15) is 36.2 Å². The first kappa shape index (κ1) is 33.0. The Labute approximate surface area is 259 Å². The van der Waals surface area contributed by atoms with Crippen molar-refractivity contribution >= 4 is 5.91 Å². The summed E-state index contributed by atoms with van der Waals surface area (Å²) < 4.78 is 81.0. The van der Waals surface area contributed by atoms with E-state index in [2.05, 4.69) is 22.3 Å². The fourth-order valence-corrected chi connectivity index (χ4v) is 7.08. The molecule has 2 fully saturated rings. The number of rotatable bonds is 7. The van der Waals surface area contributed by atoms with Gasteiger partial charge in [-0.1, -0.05) is 60.7 Å². The molecule has 45 heavy (non-hydrogen) atoms. The molecule has 3 aromatic rings. The van der Waals surface area contributed by atoms with Crippen molar-refractivity contribution in [1.82, 2.24) is 10.2 Å². The van der Waals surface area contributed by atoms with Crippen LogP contribution in [-0.2, 0) is 29.2 Å². The number of aliphatic hydroxyl groups excluding tert-OH is 1. The topological polar surface area (TPSA) is 52.6 Å². The number of alkyl halides is 6. The Balaban J connectivity index is 1.31. The van der Waals surface area contributed by atoms with Crippen molar-refractivity contribution in [1.29, 1.82) is 0 Å². The first-order valence-electron chi connectivity index (χ1n) is 15.4. The zero-order valence-corrected chi connectivity index (χ0v) is 25.0. The summed E-state index contributed by atoms with van der Waals surface area (Å²) in [5, 5.41) is 14.2. The fourth-order valence-electron chi connectivity index (χ4n) is 7.08. The zero-order chi connectivity index (χ0) is 32.4. The largest absolute Gasteiger partial charge is 0.416 e. The van der Waals surface area contributed by atoms with Crippen LogP contribution in [0.2, 0.25) is 0 Å². The highest BCUT2D eigenvalue weighted by Gasteiger charge is 2.44. The summed E-state index contributed by atoms with van der Waals surface area (Å²) in [4.78, 5) is 15.9. The molecule has 0 radical (unpaired) electrons. The molecule has 1 aliphatic carbocycles. The van der Waals surface area contributed by atoms with Crippen LogP contribution in [0.4, 0.5) is 26.3 Å². The van der Waals surface area contributed by atoms with Gasteiger partial charge in [0, 0.05) is 13.1 Å². The first-order chi connectivity index (χ1) is 21.2. The molecular weight excluding hydrogens is 594 g/mol. The second-order valence-corrected chi connectivity index (χ2v) is 12.6. The smallest absolute Gasteiger partial charge is 0.391 e. The standard InChI is InChI=1S/C35H38F6N2O2/c1-23(26-18-28(34(36,37)38)20-29(19-26)35(39,40)41)32(45)42-33(27-10-6-3-7-11-27)15-12-25(13-16-33)30-14-17-43(22-31(30)44)21-24-8-4-2-5-9-24/h2-11,18-20,23,25,30-31,44H,12-17,21-22H2,1H3,(H,42,45). The van der Waals surface area contributed by atoms with Gasteiger partial charge in [-0.25, -0.2) is 0 Å². The van der Waals surface area contributed by atoms with Gasteiger partial charge in [-0.15, -0.1) is 0 Å². The van der Waals surface area contributed by atoms with E-state index in [4.69, 9.17) is 0 Å². The number of halogens is 6. The summed E-state index contributed by atoms with van der Waals surface area (Å²) in [6.45, 7) is 3.54. The summed E-state index contributed by atoms with van der Waals surface area (Å²) in [7, 11) is 0. The van der Waals surface area contributed by atoms with Gasteiger partial charge >= 0.3 is 12.4 Å². The van der Waals surface area contributed by atoms with E-state index in [1.165, 1.54) is 12.5 Å². The number of nitrogens with one attached hydrogen (secondary N) is 1. The highest BCUT2D eigenvalue weighted by molar-refractivity contribution is 5.84. The lowest BCUT2D eigenvalue weighted by Crippen LogP contribution is -2.52. The normalized spacial score (nSPS) is 25.5. The Morgan fingerprint density at radius 1 is 0.889 bits per heavy atom. The summed E-state index contributed by atoms with van der Waals surface area (Å²) in [6, 6.07) is 20.7. The van der Waals surface area contributed by atoms with E-state index in [-0.39, 0.29) is 23.5 Å². The minimum atomic E-state index is -5.00. The van der Waals surface area contributed by atoms with Crippen molar-refractivity contribution in [2.45, 2.75) is 75.5 Å². The highest BCUT2D eigenvalue weighted by Crippen LogP contribution is 2.45. The van der Waals surface area contributed by atoms with Gasteiger partial charge in [0.1, 0.15) is 0 Å². The van der Waals surface area contributed by atoms with Crippen LogP contribution in [-0.4, -0.2) is 35.1 Å². The molecule has 2 N–H and O–H groups in total. The Hall–Kier alpha value is -3.37. The van der Waals surface area contributed by atoms with Gasteiger partial charge in [0.05, 0.1) is 28.7 Å². The maximum atomic E-state index is 13.6. The van der Waals surface area contributed by atoms with E-state index in [1.807, 2.05) is 48.5 Å². The number of aliphatic hydroxyl groups is 1. The molecule has 1 saturated carbocycles. The molecule has 1 aliphatic heterocycles. The van der Waals surface area contributed by atoms with Gasteiger partial charge < -0.3 is 10.4 Å². The number of hydrogen-bond acceptors (Lipinski definition) is 3. The Morgan fingerprint density at radius 3 is 1.98 bits per heavy atom. The molecule has 1 amide bonds. The number of hydrogen-bond donors (Lipinski definition) is 2. The molecular formula is C35H38F6N2O2. The van der Waals surface area contributed by atoms with Gasteiger partial charge in [0.15, 0.2) is 0 Å². The maximum absolute atomic E-state index is 13.6. The summed E-state index contributed by atoms with van der Waals surface area (Å²) in [5.74, 6) is -1.57. The van der Waals surface area contributed by atoms with Crippen molar-refractivity contribution < 1.29 is 36.2 Å². The lowest BCUT2D eigenvalue weighted by Gasteiger charge is -2.46. The molecule has 0 bridgehead atoms. The molecule has 5 rings (SSSR count). The molecule has 2 aliphatic rings. The molecule has 0 aromatic heterocycles. The van der Waals surface area contributed by atoms with Crippen LogP contribution in [0.3, 0.4) is 0 Å². The van der Waals surface area contributed by atoms with Crippen LogP contribution in [0.15, 0.2) is 78.9 Å². The summed E-state index contributed by atoms with van der Waals surface area (Å²) >= 11 is 0. The van der Waals surface area contributed by atoms with E-state index in [0.717, 1.165) is 25.1 Å². The van der Waals surface area contributed by atoms with Gasteiger partial charge in [0.2, 0.25) is 5.91 Å². The number of carbonyl (C=O) groups excluding carboxylic acids is 1. The quantitative estimate of drug-likeness (QED) is 0.261. The van der Waals surface area contributed by atoms with E-state index in [1.54, 1.807) is 0 Å². The van der Waals surface area contributed by atoms with Crippen LogP contribution in [0, 0.1) is 11.8 Å². The van der Waals surface area contributed by atoms with Crippen molar-refractivity contribution in [2.24, 2.45) is 11.8 Å². The second-order valence-electron chi connectivity index (χ2n) is 12.6. The van der Waals surface area contributed by atoms with E-state index < -0.39 is 46.9 Å². The lowest BCUT2D eigenvalue weighted by molar-refractivity contribution is -0.143. The summed E-state index contributed by atoms with van der Waals surface area (Å²) in [5.41, 5.74) is -2.05. The number of carbonyl (C=O) groups is 1. The molecule has 3 aromatic carbocycles. The van der Waals surface area contributed by atoms with Crippen molar-refractivity contribution in [2.75, 3.05) is 13.1 Å². The van der Waals surface area contributed by atoms with E-state index >= 15 is 0 Å². The minimum absolute atomic E-state index is 0.0709. The number of piperidine rings is 1. The number of nitrogens with zero attached hydrogens (tertiary/aromatic N) is 1. The molecule has 242 valence electrons. The average molecular weight is 633 g/mol. The molecule has 3 unspecified atom stereocenters.